The molecule has 0 aliphatic rings. The highest BCUT2D eigenvalue weighted by atomic mass is 32.1. The van der Waals surface area contributed by atoms with Crippen molar-refractivity contribution in [2.45, 2.75) is 6.61 Å². The highest BCUT2D eigenvalue weighted by Crippen LogP contribution is 2.18. The molecule has 13 heavy (non-hydrogen) atoms. The molecule has 0 saturated heterocycles. The van der Waals surface area contributed by atoms with E-state index in [1.807, 2.05) is 12.1 Å². The Balaban J connectivity index is 2.63. The van der Waals surface area contributed by atoms with Gasteiger partial charge in [0.2, 0.25) is 0 Å². The summed E-state index contributed by atoms with van der Waals surface area (Å²) in [6, 6.07) is 3.80. The zero-order valence-electron chi connectivity index (χ0n) is 7.19. The SMILES string of the molecule is COCc1ccc(C=CC(=O)O)s1. The predicted octanol–water partition coefficient (Wildman–Crippen LogP) is 1.99. The van der Waals surface area contributed by atoms with Crippen LogP contribution in [0.3, 0.4) is 0 Å². The molecular weight excluding hydrogens is 188 g/mol. The van der Waals surface area contributed by atoms with Gasteiger partial charge in [0, 0.05) is 22.9 Å². The lowest BCUT2D eigenvalue weighted by Crippen LogP contribution is -1.84. The van der Waals surface area contributed by atoms with E-state index < -0.39 is 5.97 Å². The average Bonchev–Trinajstić information content (AvgIpc) is 2.50. The van der Waals surface area contributed by atoms with Crippen molar-refractivity contribution in [1.29, 1.82) is 0 Å². The summed E-state index contributed by atoms with van der Waals surface area (Å²) in [4.78, 5) is 12.2. The summed E-state index contributed by atoms with van der Waals surface area (Å²) in [7, 11) is 1.63. The molecule has 1 N–H and O–H groups in total. The zero-order valence-corrected chi connectivity index (χ0v) is 8.00. The number of thiophene rings is 1. The number of carboxylic acids is 1. The Morgan fingerprint density at radius 1 is 1.69 bits per heavy atom. The molecule has 0 radical (unpaired) electrons. The standard InChI is InChI=1S/C9H10O3S/c1-12-6-8-3-2-7(13-8)4-5-9(10)11/h2-5H,6H2,1H3,(H,10,11). The van der Waals surface area contributed by atoms with Crippen LogP contribution in [0.25, 0.3) is 6.08 Å². The van der Waals surface area contributed by atoms with E-state index in [1.165, 1.54) is 11.3 Å². The summed E-state index contributed by atoms with van der Waals surface area (Å²) in [5, 5.41) is 8.38. The van der Waals surface area contributed by atoms with Crippen molar-refractivity contribution in [2.75, 3.05) is 7.11 Å². The molecule has 0 bridgehead atoms. The molecule has 0 aliphatic carbocycles. The molecule has 0 amide bonds. The minimum absolute atomic E-state index is 0.575. The van der Waals surface area contributed by atoms with Crippen LogP contribution in [-0.2, 0) is 16.1 Å². The maximum Gasteiger partial charge on any atom is 0.328 e. The summed E-state index contributed by atoms with van der Waals surface area (Å²) in [5.74, 6) is -0.929. The second kappa shape index (κ2) is 4.79. The molecule has 1 heterocycles. The molecule has 0 unspecified atom stereocenters. The van der Waals surface area contributed by atoms with Gasteiger partial charge in [-0.2, -0.15) is 0 Å². The summed E-state index contributed by atoms with van der Waals surface area (Å²) in [6.45, 7) is 0.575. The normalized spacial score (nSPS) is 10.8. The zero-order chi connectivity index (χ0) is 9.68. The monoisotopic (exact) mass is 198 g/mol. The van der Waals surface area contributed by atoms with E-state index in [0.717, 1.165) is 15.8 Å². The van der Waals surface area contributed by atoms with Crippen LogP contribution in [0, 0.1) is 0 Å². The van der Waals surface area contributed by atoms with Gasteiger partial charge in [-0.3, -0.25) is 0 Å². The first-order chi connectivity index (χ1) is 6.22. The molecule has 4 heteroatoms. The van der Waals surface area contributed by atoms with Crippen LogP contribution >= 0.6 is 11.3 Å². The van der Waals surface area contributed by atoms with Gasteiger partial charge in [0.1, 0.15) is 0 Å². The summed E-state index contributed by atoms with van der Waals surface area (Å²) in [6.07, 6.45) is 2.70. The quantitative estimate of drug-likeness (QED) is 0.752. The molecule has 3 nitrogen and oxygen atoms in total. The third-order valence-electron chi connectivity index (χ3n) is 1.36. The first-order valence-corrected chi connectivity index (χ1v) is 4.52. The van der Waals surface area contributed by atoms with Gasteiger partial charge in [-0.05, 0) is 18.2 Å². The lowest BCUT2D eigenvalue weighted by molar-refractivity contribution is -0.131. The minimum Gasteiger partial charge on any atom is -0.478 e. The van der Waals surface area contributed by atoms with Crippen LogP contribution in [0.15, 0.2) is 18.2 Å². The van der Waals surface area contributed by atoms with E-state index in [1.54, 1.807) is 13.2 Å². The van der Waals surface area contributed by atoms with E-state index in [0.29, 0.717) is 6.61 Å². The van der Waals surface area contributed by atoms with E-state index in [2.05, 4.69) is 0 Å². The van der Waals surface area contributed by atoms with Crippen molar-refractivity contribution in [3.05, 3.63) is 28.0 Å². The van der Waals surface area contributed by atoms with Gasteiger partial charge in [-0.15, -0.1) is 11.3 Å². The Kier molecular flexibility index (Phi) is 3.67. The Morgan fingerprint density at radius 2 is 2.46 bits per heavy atom. The first kappa shape index (κ1) is 9.95. The molecule has 1 rings (SSSR count). The van der Waals surface area contributed by atoms with Crippen molar-refractivity contribution in [1.82, 2.24) is 0 Å². The first-order valence-electron chi connectivity index (χ1n) is 3.71. The molecule has 0 aromatic carbocycles. The smallest absolute Gasteiger partial charge is 0.328 e. The van der Waals surface area contributed by atoms with Crippen LogP contribution in [-0.4, -0.2) is 18.2 Å². The van der Waals surface area contributed by atoms with Gasteiger partial charge in [-0.25, -0.2) is 4.79 Å². The third-order valence-corrected chi connectivity index (χ3v) is 2.38. The van der Waals surface area contributed by atoms with Crippen molar-refractivity contribution in [2.24, 2.45) is 0 Å². The molecule has 0 spiro atoms. The van der Waals surface area contributed by atoms with Crippen LogP contribution in [0.5, 0.6) is 0 Å². The Labute approximate surface area is 80.3 Å². The topological polar surface area (TPSA) is 46.5 Å². The van der Waals surface area contributed by atoms with E-state index in [4.69, 9.17) is 9.84 Å². The van der Waals surface area contributed by atoms with Crippen LogP contribution in [0.1, 0.15) is 9.75 Å². The highest BCUT2D eigenvalue weighted by molar-refractivity contribution is 7.12. The van der Waals surface area contributed by atoms with Gasteiger partial charge in [-0.1, -0.05) is 0 Å². The fourth-order valence-electron chi connectivity index (χ4n) is 0.857. The molecule has 1 aromatic heterocycles. The molecule has 0 aliphatic heterocycles. The summed E-state index contributed by atoms with van der Waals surface area (Å²) < 4.78 is 4.94. The predicted molar refractivity (Wildman–Crippen MR) is 51.7 cm³/mol. The average molecular weight is 198 g/mol. The highest BCUT2D eigenvalue weighted by Gasteiger charge is 1.96. The number of ether oxygens (including phenoxy) is 1. The summed E-state index contributed by atoms with van der Waals surface area (Å²) in [5.41, 5.74) is 0. The second-order valence-corrected chi connectivity index (χ2v) is 3.61. The Bertz CT molecular complexity index is 314. The molecule has 70 valence electrons. The van der Waals surface area contributed by atoms with Gasteiger partial charge in [0.05, 0.1) is 6.61 Å². The minimum atomic E-state index is -0.929. The number of methoxy groups -OCH3 is 1. The third kappa shape index (κ3) is 3.40. The largest absolute Gasteiger partial charge is 0.478 e. The number of hydrogen-bond donors (Lipinski definition) is 1. The van der Waals surface area contributed by atoms with E-state index in [9.17, 15) is 4.79 Å². The number of hydrogen-bond acceptors (Lipinski definition) is 3. The maximum absolute atomic E-state index is 10.2. The van der Waals surface area contributed by atoms with Crippen molar-refractivity contribution < 1.29 is 14.6 Å². The molecule has 0 saturated carbocycles. The number of carbonyl (C=O) groups is 1. The Morgan fingerprint density at radius 3 is 3.08 bits per heavy atom. The number of rotatable bonds is 4. The van der Waals surface area contributed by atoms with E-state index >= 15 is 0 Å². The summed E-state index contributed by atoms with van der Waals surface area (Å²) >= 11 is 1.52. The van der Waals surface area contributed by atoms with Gasteiger partial charge < -0.3 is 9.84 Å². The second-order valence-electron chi connectivity index (χ2n) is 2.41. The number of carboxylic acid groups (broad SMARTS) is 1. The van der Waals surface area contributed by atoms with Crippen LogP contribution in [0.2, 0.25) is 0 Å². The maximum atomic E-state index is 10.2. The van der Waals surface area contributed by atoms with Crippen molar-refractivity contribution in [3.63, 3.8) is 0 Å². The fourth-order valence-corrected chi connectivity index (χ4v) is 1.75. The van der Waals surface area contributed by atoms with E-state index in [-0.39, 0.29) is 0 Å². The van der Waals surface area contributed by atoms with Crippen molar-refractivity contribution in [3.8, 4) is 0 Å². The van der Waals surface area contributed by atoms with Gasteiger partial charge in [0.25, 0.3) is 0 Å². The van der Waals surface area contributed by atoms with Gasteiger partial charge in [0.15, 0.2) is 0 Å². The van der Waals surface area contributed by atoms with Crippen LogP contribution in [0.4, 0.5) is 0 Å². The van der Waals surface area contributed by atoms with Crippen molar-refractivity contribution >= 4 is 23.4 Å². The van der Waals surface area contributed by atoms with Crippen LogP contribution < -0.4 is 0 Å². The molecule has 1 aromatic rings. The lowest BCUT2D eigenvalue weighted by Gasteiger charge is -1.90. The molecule has 0 fully saturated rings. The molecular formula is C9H10O3S. The fraction of sp³-hybridized carbons (Fsp3) is 0.222. The Hall–Kier alpha value is -1.13. The van der Waals surface area contributed by atoms with Gasteiger partial charge >= 0.3 is 5.97 Å². The number of aliphatic carboxylic acids is 1. The molecule has 0 atom stereocenters. The lowest BCUT2D eigenvalue weighted by atomic mass is 10.4.